The van der Waals surface area contributed by atoms with Gasteiger partial charge in [0.05, 0.1) is 11.6 Å². The maximum absolute atomic E-state index is 13.1. The zero-order chi connectivity index (χ0) is 14.6. The number of hydrogen-bond acceptors (Lipinski definition) is 2. The van der Waals surface area contributed by atoms with Gasteiger partial charge in [-0.2, -0.15) is 0 Å². The van der Waals surface area contributed by atoms with Crippen LogP contribution in [0.5, 0.6) is 0 Å². The van der Waals surface area contributed by atoms with E-state index >= 15 is 0 Å². The molecule has 1 unspecified atom stereocenters. The normalized spacial score (nSPS) is 13.2. The lowest BCUT2D eigenvalue weighted by Gasteiger charge is -2.20. The standard InChI is InChI=1S/C14H19F2NO2/c1-9(10-5-6-11(15)12(16)7-10)17-13(18)8-19-14(2,3)4/h5-7,9H,8H2,1-4H3,(H,17,18). The van der Waals surface area contributed by atoms with Crippen LogP contribution in [0.1, 0.15) is 39.3 Å². The summed E-state index contributed by atoms with van der Waals surface area (Å²) in [6.07, 6.45) is 0. The van der Waals surface area contributed by atoms with Crippen molar-refractivity contribution in [2.45, 2.75) is 39.3 Å². The number of hydrogen-bond donors (Lipinski definition) is 1. The van der Waals surface area contributed by atoms with Crippen LogP contribution < -0.4 is 5.32 Å². The van der Waals surface area contributed by atoms with Gasteiger partial charge in [0.2, 0.25) is 5.91 Å². The summed E-state index contributed by atoms with van der Waals surface area (Å²) in [4.78, 5) is 11.6. The Balaban J connectivity index is 2.56. The van der Waals surface area contributed by atoms with E-state index in [2.05, 4.69) is 5.32 Å². The highest BCUT2D eigenvalue weighted by atomic mass is 19.2. The van der Waals surface area contributed by atoms with Crippen LogP contribution in [0.25, 0.3) is 0 Å². The predicted molar refractivity (Wildman–Crippen MR) is 68.6 cm³/mol. The lowest BCUT2D eigenvalue weighted by Crippen LogP contribution is -2.33. The van der Waals surface area contributed by atoms with Crippen molar-refractivity contribution < 1.29 is 18.3 Å². The zero-order valence-electron chi connectivity index (χ0n) is 11.6. The van der Waals surface area contributed by atoms with Crippen LogP contribution in [0.15, 0.2) is 18.2 Å². The second-order valence-electron chi connectivity index (χ2n) is 5.36. The fourth-order valence-electron chi connectivity index (χ4n) is 1.43. The highest BCUT2D eigenvalue weighted by Crippen LogP contribution is 2.16. The minimum Gasteiger partial charge on any atom is -0.366 e. The molecule has 1 aromatic rings. The summed E-state index contributed by atoms with van der Waals surface area (Å²) in [5.41, 5.74) is 0.103. The molecule has 1 N–H and O–H groups in total. The first kappa shape index (κ1) is 15.6. The van der Waals surface area contributed by atoms with Crippen LogP contribution in [0, 0.1) is 11.6 Å². The zero-order valence-corrected chi connectivity index (χ0v) is 11.6. The smallest absolute Gasteiger partial charge is 0.246 e. The van der Waals surface area contributed by atoms with Crippen LogP contribution in [-0.4, -0.2) is 18.1 Å². The topological polar surface area (TPSA) is 38.3 Å². The summed E-state index contributed by atoms with van der Waals surface area (Å²) >= 11 is 0. The van der Waals surface area contributed by atoms with E-state index in [-0.39, 0.29) is 12.5 Å². The minimum absolute atomic E-state index is 0.0719. The van der Waals surface area contributed by atoms with Crippen molar-refractivity contribution in [2.75, 3.05) is 6.61 Å². The van der Waals surface area contributed by atoms with Crippen LogP contribution in [0.4, 0.5) is 8.78 Å². The summed E-state index contributed by atoms with van der Waals surface area (Å²) in [6, 6.07) is 3.14. The molecule has 0 saturated carbocycles. The van der Waals surface area contributed by atoms with Crippen molar-refractivity contribution in [2.24, 2.45) is 0 Å². The van der Waals surface area contributed by atoms with Crippen molar-refractivity contribution in [1.82, 2.24) is 5.32 Å². The van der Waals surface area contributed by atoms with Gasteiger partial charge < -0.3 is 10.1 Å². The molecule has 0 saturated heterocycles. The van der Waals surface area contributed by atoms with Gasteiger partial charge in [-0.15, -0.1) is 0 Å². The molecule has 19 heavy (non-hydrogen) atoms. The molecular weight excluding hydrogens is 252 g/mol. The fourth-order valence-corrected chi connectivity index (χ4v) is 1.43. The Hall–Kier alpha value is -1.49. The molecular formula is C14H19F2NO2. The van der Waals surface area contributed by atoms with E-state index in [1.54, 1.807) is 6.92 Å². The molecule has 1 amide bonds. The summed E-state index contributed by atoms with van der Waals surface area (Å²) < 4.78 is 31.2. The third-order valence-corrected chi connectivity index (χ3v) is 2.46. The summed E-state index contributed by atoms with van der Waals surface area (Å²) in [5.74, 6) is -2.13. The first-order chi connectivity index (χ1) is 8.69. The molecule has 0 spiro atoms. The van der Waals surface area contributed by atoms with Gasteiger partial charge in [-0.1, -0.05) is 6.07 Å². The van der Waals surface area contributed by atoms with E-state index in [1.807, 2.05) is 20.8 Å². The number of rotatable bonds is 4. The number of carbonyl (C=O) groups is 1. The Labute approximate surface area is 112 Å². The number of halogens is 2. The largest absolute Gasteiger partial charge is 0.366 e. The second kappa shape index (κ2) is 6.10. The van der Waals surface area contributed by atoms with E-state index in [0.717, 1.165) is 12.1 Å². The summed E-state index contributed by atoms with van der Waals surface area (Å²) in [5, 5.41) is 2.66. The van der Waals surface area contributed by atoms with Crippen molar-refractivity contribution >= 4 is 5.91 Å². The van der Waals surface area contributed by atoms with Crippen molar-refractivity contribution in [3.8, 4) is 0 Å². The molecule has 0 heterocycles. The third kappa shape index (κ3) is 5.34. The second-order valence-corrected chi connectivity index (χ2v) is 5.36. The van der Waals surface area contributed by atoms with E-state index < -0.39 is 23.3 Å². The molecule has 1 aromatic carbocycles. The number of nitrogens with one attached hydrogen (secondary N) is 1. The van der Waals surface area contributed by atoms with E-state index in [9.17, 15) is 13.6 Å². The Morgan fingerprint density at radius 3 is 2.47 bits per heavy atom. The lowest BCUT2D eigenvalue weighted by atomic mass is 10.1. The molecule has 1 atom stereocenters. The maximum atomic E-state index is 13.1. The summed E-state index contributed by atoms with van der Waals surface area (Å²) in [7, 11) is 0. The molecule has 0 bridgehead atoms. The molecule has 0 fully saturated rings. The molecule has 3 nitrogen and oxygen atoms in total. The molecule has 0 aliphatic rings. The molecule has 0 aliphatic carbocycles. The van der Waals surface area contributed by atoms with Crippen LogP contribution in [-0.2, 0) is 9.53 Å². The van der Waals surface area contributed by atoms with Crippen molar-refractivity contribution in [3.63, 3.8) is 0 Å². The van der Waals surface area contributed by atoms with Gasteiger partial charge in [0.1, 0.15) is 6.61 Å². The highest BCUT2D eigenvalue weighted by molar-refractivity contribution is 5.77. The molecule has 1 rings (SSSR count). The van der Waals surface area contributed by atoms with Gasteiger partial charge in [0.15, 0.2) is 11.6 Å². The lowest BCUT2D eigenvalue weighted by molar-refractivity contribution is -0.131. The number of ether oxygens (including phenoxy) is 1. The van der Waals surface area contributed by atoms with Crippen LogP contribution in [0.3, 0.4) is 0 Å². The number of carbonyl (C=O) groups excluding carboxylic acids is 1. The first-order valence-electron chi connectivity index (χ1n) is 6.07. The third-order valence-electron chi connectivity index (χ3n) is 2.46. The van der Waals surface area contributed by atoms with Crippen molar-refractivity contribution in [3.05, 3.63) is 35.4 Å². The van der Waals surface area contributed by atoms with E-state index in [0.29, 0.717) is 5.56 Å². The maximum Gasteiger partial charge on any atom is 0.246 e. The molecule has 0 aliphatic heterocycles. The van der Waals surface area contributed by atoms with Gasteiger partial charge in [0, 0.05) is 0 Å². The Morgan fingerprint density at radius 1 is 1.32 bits per heavy atom. The fraction of sp³-hybridized carbons (Fsp3) is 0.500. The van der Waals surface area contributed by atoms with E-state index in [4.69, 9.17) is 4.74 Å². The average Bonchev–Trinajstić information content (AvgIpc) is 2.29. The molecule has 106 valence electrons. The monoisotopic (exact) mass is 271 g/mol. The highest BCUT2D eigenvalue weighted by Gasteiger charge is 2.15. The SMILES string of the molecule is CC(NC(=O)COC(C)(C)C)c1ccc(F)c(F)c1. The Kier molecular flexibility index (Phi) is 5.00. The molecule has 0 aromatic heterocycles. The average molecular weight is 271 g/mol. The Morgan fingerprint density at radius 2 is 1.95 bits per heavy atom. The minimum atomic E-state index is -0.926. The number of benzene rings is 1. The quantitative estimate of drug-likeness (QED) is 0.914. The first-order valence-corrected chi connectivity index (χ1v) is 6.07. The molecule has 5 heteroatoms. The van der Waals surface area contributed by atoms with Gasteiger partial charge in [-0.05, 0) is 45.4 Å². The van der Waals surface area contributed by atoms with Crippen molar-refractivity contribution in [1.29, 1.82) is 0 Å². The van der Waals surface area contributed by atoms with Crippen LogP contribution >= 0.6 is 0 Å². The Bertz CT molecular complexity index is 455. The van der Waals surface area contributed by atoms with Gasteiger partial charge in [-0.3, -0.25) is 4.79 Å². The predicted octanol–water partition coefficient (Wildman–Crippen LogP) is 2.96. The van der Waals surface area contributed by atoms with Crippen LogP contribution in [0.2, 0.25) is 0 Å². The molecule has 0 radical (unpaired) electrons. The van der Waals surface area contributed by atoms with Gasteiger partial charge in [0.25, 0.3) is 0 Å². The van der Waals surface area contributed by atoms with Gasteiger partial charge >= 0.3 is 0 Å². The van der Waals surface area contributed by atoms with Gasteiger partial charge in [-0.25, -0.2) is 8.78 Å². The summed E-state index contributed by atoms with van der Waals surface area (Å²) in [6.45, 7) is 7.16. The van der Waals surface area contributed by atoms with E-state index in [1.165, 1.54) is 6.07 Å². The number of amides is 1.